The molecule has 0 aromatic heterocycles. The molecular weight excluding hydrogens is 241 g/mol. The van der Waals surface area contributed by atoms with E-state index in [9.17, 15) is 9.50 Å². The molecule has 2 aromatic carbocycles. The van der Waals surface area contributed by atoms with Crippen LogP contribution < -0.4 is 5.32 Å². The lowest BCUT2D eigenvalue weighted by atomic mass is 9.97. The molecular formula is C16H16FNO. The molecule has 0 saturated heterocycles. The van der Waals surface area contributed by atoms with E-state index >= 15 is 0 Å². The van der Waals surface area contributed by atoms with Gasteiger partial charge in [-0.15, -0.1) is 0 Å². The fourth-order valence-electron chi connectivity index (χ4n) is 2.62. The number of anilines is 1. The lowest BCUT2D eigenvalue weighted by Gasteiger charge is -2.20. The lowest BCUT2D eigenvalue weighted by Crippen LogP contribution is -2.25. The molecule has 2 nitrogen and oxygen atoms in total. The first-order valence-corrected chi connectivity index (χ1v) is 6.44. The highest BCUT2D eigenvalue weighted by molar-refractivity contribution is 5.57. The van der Waals surface area contributed by atoms with Gasteiger partial charge in [0.1, 0.15) is 11.9 Å². The number of nitrogens with one attached hydrogen (secondary N) is 1. The molecule has 1 aliphatic rings. The Bertz CT molecular complexity index is 586. The van der Waals surface area contributed by atoms with Gasteiger partial charge < -0.3 is 10.4 Å². The van der Waals surface area contributed by atoms with Crippen molar-refractivity contribution in [1.29, 1.82) is 0 Å². The van der Waals surface area contributed by atoms with Crippen molar-refractivity contribution in [2.75, 3.05) is 5.32 Å². The number of benzene rings is 2. The Kier molecular flexibility index (Phi) is 2.99. The zero-order valence-corrected chi connectivity index (χ0v) is 10.7. The quantitative estimate of drug-likeness (QED) is 0.866. The number of aryl methyl sites for hydroxylation is 1. The van der Waals surface area contributed by atoms with Gasteiger partial charge in [-0.3, -0.25) is 0 Å². The average molecular weight is 257 g/mol. The number of halogens is 1. The van der Waals surface area contributed by atoms with Crippen LogP contribution in [0.25, 0.3) is 0 Å². The summed E-state index contributed by atoms with van der Waals surface area (Å²) in [4.78, 5) is 0. The molecule has 1 heterocycles. The predicted molar refractivity (Wildman–Crippen MR) is 73.7 cm³/mol. The van der Waals surface area contributed by atoms with Crippen molar-refractivity contribution in [3.05, 3.63) is 65.0 Å². The smallest absolute Gasteiger partial charge is 0.129 e. The van der Waals surface area contributed by atoms with Crippen molar-refractivity contribution in [3.8, 4) is 0 Å². The summed E-state index contributed by atoms with van der Waals surface area (Å²) in [5.41, 5.74) is 3.51. The number of hydrogen-bond acceptors (Lipinski definition) is 2. The molecule has 19 heavy (non-hydrogen) atoms. The molecule has 2 unspecified atom stereocenters. The van der Waals surface area contributed by atoms with E-state index in [4.69, 9.17) is 0 Å². The van der Waals surface area contributed by atoms with Crippen LogP contribution in [0.4, 0.5) is 10.1 Å². The van der Waals surface area contributed by atoms with Crippen LogP contribution >= 0.6 is 0 Å². The fourth-order valence-corrected chi connectivity index (χ4v) is 2.62. The van der Waals surface area contributed by atoms with E-state index in [2.05, 4.69) is 5.32 Å². The molecule has 0 amide bonds. The third kappa shape index (κ3) is 2.22. The topological polar surface area (TPSA) is 32.3 Å². The standard InChI is InChI=1S/C16H16FNO/c1-10-6-7-13(17)12(8-10)16(19)15-9-11-4-2-3-5-14(11)18-15/h2-8,15-16,18-19H,9H2,1H3. The average Bonchev–Trinajstić information content (AvgIpc) is 2.84. The zero-order valence-electron chi connectivity index (χ0n) is 10.7. The van der Waals surface area contributed by atoms with Crippen molar-refractivity contribution in [2.24, 2.45) is 0 Å². The van der Waals surface area contributed by atoms with Crippen LogP contribution in [0.15, 0.2) is 42.5 Å². The SMILES string of the molecule is Cc1ccc(F)c(C(O)C2Cc3ccccc3N2)c1. The molecule has 3 heteroatoms. The van der Waals surface area contributed by atoms with Crippen LogP contribution in [0.1, 0.15) is 22.8 Å². The maximum atomic E-state index is 13.8. The van der Waals surface area contributed by atoms with Gasteiger partial charge in [-0.05, 0) is 31.0 Å². The van der Waals surface area contributed by atoms with Gasteiger partial charge in [-0.1, -0.05) is 35.9 Å². The van der Waals surface area contributed by atoms with Crippen LogP contribution in [0, 0.1) is 12.7 Å². The lowest BCUT2D eigenvalue weighted by molar-refractivity contribution is 0.152. The van der Waals surface area contributed by atoms with E-state index in [0.717, 1.165) is 11.3 Å². The molecule has 0 radical (unpaired) electrons. The van der Waals surface area contributed by atoms with Gasteiger partial charge in [0, 0.05) is 11.3 Å². The highest BCUT2D eigenvalue weighted by atomic mass is 19.1. The predicted octanol–water partition coefficient (Wildman–Crippen LogP) is 3.20. The number of aliphatic hydroxyl groups excluding tert-OH is 1. The van der Waals surface area contributed by atoms with Crippen molar-refractivity contribution >= 4 is 5.69 Å². The van der Waals surface area contributed by atoms with Gasteiger partial charge in [-0.25, -0.2) is 4.39 Å². The number of fused-ring (bicyclic) bond motifs is 1. The van der Waals surface area contributed by atoms with E-state index < -0.39 is 6.10 Å². The van der Waals surface area contributed by atoms with Crippen LogP contribution in [0.2, 0.25) is 0 Å². The van der Waals surface area contributed by atoms with Crippen LogP contribution in [-0.2, 0) is 6.42 Å². The zero-order chi connectivity index (χ0) is 13.4. The molecule has 0 bridgehead atoms. The highest BCUT2D eigenvalue weighted by Gasteiger charge is 2.29. The Morgan fingerprint density at radius 1 is 1.26 bits per heavy atom. The molecule has 0 spiro atoms. The Morgan fingerprint density at radius 2 is 2.05 bits per heavy atom. The number of hydrogen-bond donors (Lipinski definition) is 2. The van der Waals surface area contributed by atoms with E-state index in [1.807, 2.05) is 31.2 Å². The minimum atomic E-state index is -0.840. The van der Waals surface area contributed by atoms with Crippen LogP contribution in [-0.4, -0.2) is 11.1 Å². The largest absolute Gasteiger partial charge is 0.386 e. The first-order chi connectivity index (χ1) is 9.15. The van der Waals surface area contributed by atoms with E-state index in [-0.39, 0.29) is 11.9 Å². The minimum absolute atomic E-state index is 0.173. The Hall–Kier alpha value is -1.87. The third-order valence-corrected chi connectivity index (χ3v) is 3.65. The van der Waals surface area contributed by atoms with Gasteiger partial charge in [-0.2, -0.15) is 0 Å². The molecule has 1 aliphatic heterocycles. The Labute approximate surface area is 111 Å². The summed E-state index contributed by atoms with van der Waals surface area (Å²) in [6, 6.07) is 12.6. The van der Waals surface area contributed by atoms with Gasteiger partial charge in [0.25, 0.3) is 0 Å². The molecule has 3 rings (SSSR count). The van der Waals surface area contributed by atoms with Crippen molar-refractivity contribution in [1.82, 2.24) is 0 Å². The fraction of sp³-hybridized carbons (Fsp3) is 0.250. The minimum Gasteiger partial charge on any atom is -0.386 e. The number of aliphatic hydroxyl groups is 1. The van der Waals surface area contributed by atoms with E-state index in [0.29, 0.717) is 12.0 Å². The molecule has 0 saturated carbocycles. The molecule has 0 fully saturated rings. The van der Waals surface area contributed by atoms with Crippen molar-refractivity contribution in [2.45, 2.75) is 25.5 Å². The third-order valence-electron chi connectivity index (χ3n) is 3.65. The normalized spacial score (nSPS) is 18.8. The summed E-state index contributed by atoms with van der Waals surface area (Å²) in [6.45, 7) is 1.90. The maximum Gasteiger partial charge on any atom is 0.129 e. The molecule has 0 aliphatic carbocycles. The highest BCUT2D eigenvalue weighted by Crippen LogP contribution is 2.32. The summed E-state index contributed by atoms with van der Waals surface area (Å²) in [5, 5.41) is 13.7. The molecule has 2 aromatic rings. The van der Waals surface area contributed by atoms with E-state index in [1.54, 1.807) is 12.1 Å². The Balaban J connectivity index is 1.87. The number of rotatable bonds is 2. The van der Waals surface area contributed by atoms with Gasteiger partial charge in [0.15, 0.2) is 0 Å². The van der Waals surface area contributed by atoms with Crippen LogP contribution in [0.5, 0.6) is 0 Å². The summed E-state index contributed by atoms with van der Waals surface area (Å²) in [6.07, 6.45) is -0.127. The Morgan fingerprint density at radius 3 is 2.84 bits per heavy atom. The monoisotopic (exact) mass is 257 g/mol. The summed E-state index contributed by atoms with van der Waals surface area (Å²) in [5.74, 6) is -0.351. The van der Waals surface area contributed by atoms with Gasteiger partial charge >= 0.3 is 0 Å². The van der Waals surface area contributed by atoms with E-state index in [1.165, 1.54) is 11.6 Å². The summed E-state index contributed by atoms with van der Waals surface area (Å²) >= 11 is 0. The molecule has 98 valence electrons. The van der Waals surface area contributed by atoms with Crippen molar-refractivity contribution in [3.63, 3.8) is 0 Å². The van der Waals surface area contributed by atoms with Crippen LogP contribution in [0.3, 0.4) is 0 Å². The van der Waals surface area contributed by atoms with Crippen molar-refractivity contribution < 1.29 is 9.50 Å². The second-order valence-electron chi connectivity index (χ2n) is 5.08. The maximum absolute atomic E-state index is 13.8. The molecule has 2 atom stereocenters. The molecule has 2 N–H and O–H groups in total. The summed E-state index contributed by atoms with van der Waals surface area (Å²) in [7, 11) is 0. The summed E-state index contributed by atoms with van der Waals surface area (Å²) < 4.78 is 13.8. The first-order valence-electron chi connectivity index (χ1n) is 6.44. The second-order valence-corrected chi connectivity index (χ2v) is 5.08. The first kappa shape index (κ1) is 12.2. The second kappa shape index (κ2) is 4.67. The van der Waals surface area contributed by atoms with Gasteiger partial charge in [0.05, 0.1) is 6.04 Å². The van der Waals surface area contributed by atoms with Gasteiger partial charge in [0.2, 0.25) is 0 Å². The number of para-hydroxylation sites is 1.